The first-order chi connectivity index (χ1) is 9.92. The molecule has 0 spiro atoms. The first kappa shape index (κ1) is 18.3. The summed E-state index contributed by atoms with van der Waals surface area (Å²) < 4.78 is 41.9. The number of benzene rings is 1. The number of rotatable bonds is 9. The average molecular weight is 324 g/mol. The molecule has 0 saturated carbocycles. The number of hydrogen-bond acceptors (Lipinski definition) is 2. The highest BCUT2D eigenvalue weighted by Gasteiger charge is 2.26. The molecule has 0 aliphatic heterocycles. The maximum Gasteiger partial charge on any atom is 0.389 e. The predicted molar refractivity (Wildman–Crippen MR) is 78.6 cm³/mol. The van der Waals surface area contributed by atoms with E-state index >= 15 is 0 Å². The Labute approximate surface area is 128 Å². The molecule has 1 N–H and O–H groups in total. The molecular weight excluding hydrogens is 303 g/mol. The second-order valence-corrected chi connectivity index (χ2v) is 5.27. The van der Waals surface area contributed by atoms with Gasteiger partial charge in [-0.1, -0.05) is 30.7 Å². The maximum atomic E-state index is 12.1. The molecule has 0 aliphatic rings. The molecule has 0 heterocycles. The van der Waals surface area contributed by atoms with E-state index in [1.807, 2.05) is 12.1 Å². The molecule has 1 rings (SSSR count). The molecule has 0 aromatic heterocycles. The third-order valence-electron chi connectivity index (χ3n) is 2.92. The largest absolute Gasteiger partial charge is 0.389 e. The normalized spacial score (nSPS) is 13.4. The van der Waals surface area contributed by atoms with E-state index in [-0.39, 0.29) is 19.1 Å². The van der Waals surface area contributed by atoms with Crippen molar-refractivity contribution in [3.63, 3.8) is 0 Å². The summed E-state index contributed by atoms with van der Waals surface area (Å²) in [6, 6.07) is 7.18. The first-order valence-corrected chi connectivity index (χ1v) is 7.44. The maximum absolute atomic E-state index is 12.1. The lowest BCUT2D eigenvalue weighted by Crippen LogP contribution is -2.24. The van der Waals surface area contributed by atoms with Crippen molar-refractivity contribution >= 4 is 11.6 Å². The highest BCUT2D eigenvalue weighted by atomic mass is 35.5. The molecule has 1 unspecified atom stereocenters. The summed E-state index contributed by atoms with van der Waals surface area (Å²) in [6.45, 7) is 3.55. The standard InChI is InChI=1S/C15H21ClF3NO/c1-2-9-20-11-14(12-4-6-13(16)7-5-12)21-10-3-8-15(17,18)19/h4-7,14,20H,2-3,8-11H2,1H3. The van der Waals surface area contributed by atoms with Crippen LogP contribution in [0.1, 0.15) is 37.9 Å². The fourth-order valence-electron chi connectivity index (χ4n) is 1.86. The molecule has 0 bridgehead atoms. The first-order valence-electron chi connectivity index (χ1n) is 7.07. The van der Waals surface area contributed by atoms with Crippen LogP contribution in [-0.2, 0) is 4.74 Å². The minimum atomic E-state index is -4.13. The lowest BCUT2D eigenvalue weighted by Gasteiger charge is -2.19. The van der Waals surface area contributed by atoms with E-state index in [9.17, 15) is 13.2 Å². The molecule has 120 valence electrons. The molecule has 1 aromatic rings. The second kappa shape index (κ2) is 9.28. The van der Waals surface area contributed by atoms with Crippen LogP contribution in [0.2, 0.25) is 5.02 Å². The summed E-state index contributed by atoms with van der Waals surface area (Å²) in [5, 5.41) is 3.85. The van der Waals surface area contributed by atoms with Gasteiger partial charge in [-0.05, 0) is 37.1 Å². The minimum absolute atomic E-state index is 0.0264. The Morgan fingerprint density at radius 3 is 2.48 bits per heavy atom. The average Bonchev–Trinajstić information content (AvgIpc) is 2.41. The fourth-order valence-corrected chi connectivity index (χ4v) is 1.98. The summed E-state index contributed by atoms with van der Waals surface area (Å²) in [7, 11) is 0. The van der Waals surface area contributed by atoms with Gasteiger partial charge in [0.25, 0.3) is 0 Å². The zero-order valence-corrected chi connectivity index (χ0v) is 12.8. The lowest BCUT2D eigenvalue weighted by atomic mass is 10.1. The van der Waals surface area contributed by atoms with Crippen molar-refractivity contribution in [2.75, 3.05) is 19.7 Å². The van der Waals surface area contributed by atoms with E-state index < -0.39 is 12.6 Å². The third-order valence-corrected chi connectivity index (χ3v) is 3.17. The van der Waals surface area contributed by atoms with Gasteiger partial charge in [0.05, 0.1) is 6.10 Å². The number of alkyl halides is 3. The van der Waals surface area contributed by atoms with Crippen molar-refractivity contribution in [2.24, 2.45) is 0 Å². The second-order valence-electron chi connectivity index (χ2n) is 4.83. The summed E-state index contributed by atoms with van der Waals surface area (Å²) >= 11 is 5.84. The molecule has 0 aliphatic carbocycles. The Kier molecular flexibility index (Phi) is 8.07. The van der Waals surface area contributed by atoms with Gasteiger partial charge in [0.15, 0.2) is 0 Å². The summed E-state index contributed by atoms with van der Waals surface area (Å²) in [4.78, 5) is 0. The van der Waals surface area contributed by atoms with Gasteiger partial charge in [0.1, 0.15) is 0 Å². The van der Waals surface area contributed by atoms with E-state index in [1.165, 1.54) is 0 Å². The van der Waals surface area contributed by atoms with Crippen molar-refractivity contribution in [3.05, 3.63) is 34.9 Å². The van der Waals surface area contributed by atoms with Gasteiger partial charge < -0.3 is 10.1 Å². The quantitative estimate of drug-likeness (QED) is 0.663. The number of ether oxygens (including phenoxy) is 1. The lowest BCUT2D eigenvalue weighted by molar-refractivity contribution is -0.138. The van der Waals surface area contributed by atoms with Crippen molar-refractivity contribution in [2.45, 2.75) is 38.5 Å². The monoisotopic (exact) mass is 323 g/mol. The van der Waals surface area contributed by atoms with E-state index in [0.717, 1.165) is 18.5 Å². The van der Waals surface area contributed by atoms with Crippen LogP contribution in [0.25, 0.3) is 0 Å². The van der Waals surface area contributed by atoms with Gasteiger partial charge in [-0.3, -0.25) is 0 Å². The van der Waals surface area contributed by atoms with Crippen molar-refractivity contribution in [1.29, 1.82) is 0 Å². The van der Waals surface area contributed by atoms with Gasteiger partial charge in [-0.2, -0.15) is 13.2 Å². The van der Waals surface area contributed by atoms with Gasteiger partial charge in [0.2, 0.25) is 0 Å². The predicted octanol–water partition coefficient (Wildman–Crippen LogP) is 4.74. The van der Waals surface area contributed by atoms with Crippen LogP contribution in [0.3, 0.4) is 0 Å². The van der Waals surface area contributed by atoms with E-state index in [0.29, 0.717) is 11.6 Å². The zero-order valence-electron chi connectivity index (χ0n) is 12.0. The van der Waals surface area contributed by atoms with Crippen LogP contribution in [0.5, 0.6) is 0 Å². The van der Waals surface area contributed by atoms with E-state index in [4.69, 9.17) is 16.3 Å². The molecule has 21 heavy (non-hydrogen) atoms. The molecule has 0 amide bonds. The molecule has 2 nitrogen and oxygen atoms in total. The third kappa shape index (κ3) is 8.29. The minimum Gasteiger partial charge on any atom is -0.372 e. The van der Waals surface area contributed by atoms with Gasteiger partial charge >= 0.3 is 6.18 Å². The molecule has 1 aromatic carbocycles. The van der Waals surface area contributed by atoms with Crippen LogP contribution in [0, 0.1) is 0 Å². The Bertz CT molecular complexity index is 395. The zero-order chi connectivity index (χ0) is 15.7. The highest BCUT2D eigenvalue weighted by molar-refractivity contribution is 6.30. The Hall–Kier alpha value is -0.780. The van der Waals surface area contributed by atoms with Crippen LogP contribution in [0.4, 0.5) is 13.2 Å². The highest BCUT2D eigenvalue weighted by Crippen LogP contribution is 2.23. The van der Waals surface area contributed by atoms with Crippen LogP contribution >= 0.6 is 11.6 Å². The summed E-state index contributed by atoms with van der Waals surface area (Å²) in [5.41, 5.74) is 0.912. The van der Waals surface area contributed by atoms with Gasteiger partial charge in [-0.15, -0.1) is 0 Å². The summed E-state index contributed by atoms with van der Waals surface area (Å²) in [6.07, 6.45) is -4.24. The molecule has 0 fully saturated rings. The summed E-state index contributed by atoms with van der Waals surface area (Å²) in [5.74, 6) is 0. The smallest absolute Gasteiger partial charge is 0.372 e. The topological polar surface area (TPSA) is 21.3 Å². The Morgan fingerprint density at radius 2 is 1.90 bits per heavy atom. The van der Waals surface area contributed by atoms with Gasteiger partial charge in [-0.25, -0.2) is 0 Å². The van der Waals surface area contributed by atoms with Crippen LogP contribution in [-0.4, -0.2) is 25.9 Å². The van der Waals surface area contributed by atoms with Crippen molar-refractivity contribution in [3.8, 4) is 0 Å². The van der Waals surface area contributed by atoms with E-state index in [1.54, 1.807) is 12.1 Å². The number of hydrogen-bond donors (Lipinski definition) is 1. The number of halogens is 4. The number of nitrogens with one attached hydrogen (secondary N) is 1. The van der Waals surface area contributed by atoms with Crippen LogP contribution < -0.4 is 5.32 Å². The molecule has 0 saturated heterocycles. The fraction of sp³-hybridized carbons (Fsp3) is 0.600. The van der Waals surface area contributed by atoms with E-state index in [2.05, 4.69) is 12.2 Å². The van der Waals surface area contributed by atoms with Gasteiger partial charge in [0, 0.05) is 24.6 Å². The Balaban J connectivity index is 2.50. The van der Waals surface area contributed by atoms with Crippen molar-refractivity contribution < 1.29 is 17.9 Å². The molecule has 1 atom stereocenters. The van der Waals surface area contributed by atoms with Crippen LogP contribution in [0.15, 0.2) is 24.3 Å². The molecular formula is C15H21ClF3NO. The molecule has 0 radical (unpaired) electrons. The van der Waals surface area contributed by atoms with Crippen molar-refractivity contribution in [1.82, 2.24) is 5.32 Å². The Morgan fingerprint density at radius 1 is 1.24 bits per heavy atom. The SMILES string of the molecule is CCCNCC(OCCCC(F)(F)F)c1ccc(Cl)cc1. The molecule has 6 heteroatoms.